The molecular formula is C18H23N5O2. The van der Waals surface area contributed by atoms with Crippen LogP contribution in [0.5, 0.6) is 0 Å². The van der Waals surface area contributed by atoms with Crippen LogP contribution >= 0.6 is 0 Å². The molecule has 0 spiro atoms. The Hall–Kier alpha value is -2.96. The Kier molecular flexibility index (Phi) is 6.45. The summed E-state index contributed by atoms with van der Waals surface area (Å²) in [5, 5.41) is 16.5. The second kappa shape index (κ2) is 8.77. The van der Waals surface area contributed by atoms with E-state index in [1.54, 1.807) is 36.4 Å². The van der Waals surface area contributed by atoms with Crippen LogP contribution in [0.25, 0.3) is 0 Å². The first-order chi connectivity index (χ1) is 11.9. The van der Waals surface area contributed by atoms with E-state index in [1.165, 1.54) is 6.92 Å². The molecule has 0 aliphatic carbocycles. The molecule has 2 rings (SSSR count). The monoisotopic (exact) mass is 341 g/mol. The van der Waals surface area contributed by atoms with Crippen molar-refractivity contribution < 1.29 is 9.59 Å². The summed E-state index contributed by atoms with van der Waals surface area (Å²) < 4.78 is 0. The van der Waals surface area contributed by atoms with E-state index in [-0.39, 0.29) is 17.5 Å². The molecule has 0 atom stereocenters. The number of nitrogens with zero attached hydrogens (tertiary/aromatic N) is 2. The number of hydrogen-bond acceptors (Lipinski definition) is 5. The molecule has 0 fully saturated rings. The molecule has 2 amide bonds. The zero-order valence-electron chi connectivity index (χ0n) is 14.7. The van der Waals surface area contributed by atoms with Gasteiger partial charge in [-0.05, 0) is 48.7 Å². The smallest absolute Gasteiger partial charge is 0.276 e. The summed E-state index contributed by atoms with van der Waals surface area (Å²) in [5.74, 6) is 0.780. The zero-order valence-corrected chi connectivity index (χ0v) is 14.7. The maximum atomic E-state index is 12.2. The molecule has 7 nitrogen and oxygen atoms in total. The Morgan fingerprint density at radius 1 is 0.960 bits per heavy atom. The third kappa shape index (κ3) is 6.21. The van der Waals surface area contributed by atoms with Gasteiger partial charge in [0, 0.05) is 24.8 Å². The Morgan fingerprint density at radius 3 is 2.12 bits per heavy atom. The van der Waals surface area contributed by atoms with Crippen LogP contribution in [-0.2, 0) is 4.79 Å². The third-order valence-electron chi connectivity index (χ3n) is 3.39. The lowest BCUT2D eigenvalue weighted by Crippen LogP contribution is -2.15. The van der Waals surface area contributed by atoms with Crippen molar-refractivity contribution in [2.75, 3.05) is 22.5 Å². The van der Waals surface area contributed by atoms with Crippen molar-refractivity contribution in [2.45, 2.75) is 27.2 Å². The van der Waals surface area contributed by atoms with Gasteiger partial charge in [0.25, 0.3) is 5.91 Å². The number of rotatable bonds is 7. The van der Waals surface area contributed by atoms with Gasteiger partial charge in [-0.15, -0.1) is 10.2 Å². The maximum absolute atomic E-state index is 12.2. The molecule has 0 unspecified atom stereocenters. The fourth-order valence-electron chi connectivity index (χ4n) is 2.07. The molecule has 0 aliphatic heterocycles. The number of hydrogen-bond donors (Lipinski definition) is 3. The Balaban J connectivity index is 1.90. The molecule has 132 valence electrons. The van der Waals surface area contributed by atoms with E-state index in [0.29, 0.717) is 23.1 Å². The molecule has 0 saturated carbocycles. The first kappa shape index (κ1) is 18.4. The highest BCUT2D eigenvalue weighted by Gasteiger charge is 2.09. The van der Waals surface area contributed by atoms with Gasteiger partial charge in [0.2, 0.25) is 5.91 Å². The average molecular weight is 341 g/mol. The first-order valence-corrected chi connectivity index (χ1v) is 8.20. The highest BCUT2D eigenvalue weighted by molar-refractivity contribution is 6.03. The lowest BCUT2D eigenvalue weighted by atomic mass is 10.1. The number of amides is 2. The summed E-state index contributed by atoms with van der Waals surface area (Å²) in [6.45, 7) is 6.57. The molecule has 1 heterocycles. The van der Waals surface area contributed by atoms with Crippen molar-refractivity contribution in [3.63, 3.8) is 0 Å². The van der Waals surface area contributed by atoms with Gasteiger partial charge in [-0.25, -0.2) is 0 Å². The lowest BCUT2D eigenvalue weighted by molar-refractivity contribution is -0.114. The van der Waals surface area contributed by atoms with Crippen LogP contribution in [0.3, 0.4) is 0 Å². The van der Waals surface area contributed by atoms with Gasteiger partial charge in [-0.1, -0.05) is 13.8 Å². The number of carbonyl (C=O) groups is 2. The summed E-state index contributed by atoms with van der Waals surface area (Å²) in [6.07, 6.45) is 1.04. The van der Waals surface area contributed by atoms with Crippen molar-refractivity contribution in [1.82, 2.24) is 10.2 Å². The largest absolute Gasteiger partial charge is 0.369 e. The van der Waals surface area contributed by atoms with Crippen molar-refractivity contribution in [3.8, 4) is 0 Å². The highest BCUT2D eigenvalue weighted by atomic mass is 16.2. The number of aromatic nitrogens is 2. The van der Waals surface area contributed by atoms with Crippen LogP contribution in [0.2, 0.25) is 0 Å². The van der Waals surface area contributed by atoms with Crippen LogP contribution < -0.4 is 16.0 Å². The molecule has 0 radical (unpaired) electrons. The predicted octanol–water partition coefficient (Wildman–Crippen LogP) is 3.15. The molecule has 3 N–H and O–H groups in total. The van der Waals surface area contributed by atoms with Crippen LogP contribution in [0.15, 0.2) is 36.4 Å². The summed E-state index contributed by atoms with van der Waals surface area (Å²) in [5.41, 5.74) is 1.52. The molecule has 7 heteroatoms. The minimum Gasteiger partial charge on any atom is -0.369 e. The standard InChI is InChI=1S/C18H23N5O2/c1-12(2)10-11-19-17-9-8-16(22-23-17)18(25)21-15-6-4-14(5-7-15)20-13(3)24/h4-9,12H,10-11H2,1-3H3,(H,19,23)(H,20,24)(H,21,25). The second-order valence-electron chi connectivity index (χ2n) is 6.13. The Bertz CT molecular complexity index is 711. The van der Waals surface area contributed by atoms with Crippen molar-refractivity contribution in [2.24, 2.45) is 5.92 Å². The zero-order chi connectivity index (χ0) is 18.2. The van der Waals surface area contributed by atoms with Crippen LogP contribution in [-0.4, -0.2) is 28.6 Å². The lowest BCUT2D eigenvalue weighted by Gasteiger charge is -2.08. The van der Waals surface area contributed by atoms with Gasteiger partial charge in [-0.2, -0.15) is 0 Å². The summed E-state index contributed by atoms with van der Waals surface area (Å²) in [4.78, 5) is 23.2. The minimum absolute atomic E-state index is 0.144. The number of anilines is 3. The summed E-state index contributed by atoms with van der Waals surface area (Å²) in [7, 11) is 0. The first-order valence-electron chi connectivity index (χ1n) is 8.20. The average Bonchev–Trinajstić information content (AvgIpc) is 2.56. The van der Waals surface area contributed by atoms with Crippen molar-refractivity contribution >= 4 is 29.0 Å². The van der Waals surface area contributed by atoms with Crippen LogP contribution in [0.4, 0.5) is 17.2 Å². The quantitative estimate of drug-likeness (QED) is 0.719. The molecule has 0 bridgehead atoms. The van der Waals surface area contributed by atoms with Crippen LogP contribution in [0.1, 0.15) is 37.7 Å². The van der Waals surface area contributed by atoms with Gasteiger partial charge >= 0.3 is 0 Å². The summed E-state index contributed by atoms with van der Waals surface area (Å²) in [6, 6.07) is 10.2. The van der Waals surface area contributed by atoms with Gasteiger partial charge in [0.15, 0.2) is 5.69 Å². The van der Waals surface area contributed by atoms with Gasteiger partial charge in [-0.3, -0.25) is 9.59 Å². The maximum Gasteiger partial charge on any atom is 0.276 e. The van der Waals surface area contributed by atoms with Crippen molar-refractivity contribution in [1.29, 1.82) is 0 Å². The number of carbonyl (C=O) groups excluding carboxylic acids is 2. The minimum atomic E-state index is -0.339. The van der Waals surface area contributed by atoms with Gasteiger partial charge in [0.05, 0.1) is 0 Å². The fourth-order valence-corrected chi connectivity index (χ4v) is 2.07. The molecule has 1 aromatic carbocycles. The van der Waals surface area contributed by atoms with E-state index in [4.69, 9.17) is 0 Å². The second-order valence-corrected chi connectivity index (χ2v) is 6.13. The number of nitrogens with one attached hydrogen (secondary N) is 3. The summed E-state index contributed by atoms with van der Waals surface area (Å²) >= 11 is 0. The topological polar surface area (TPSA) is 96.0 Å². The van der Waals surface area contributed by atoms with E-state index in [9.17, 15) is 9.59 Å². The van der Waals surface area contributed by atoms with E-state index in [2.05, 4.69) is 40.0 Å². The van der Waals surface area contributed by atoms with E-state index >= 15 is 0 Å². The Morgan fingerprint density at radius 2 is 1.60 bits per heavy atom. The van der Waals surface area contributed by atoms with E-state index in [0.717, 1.165) is 13.0 Å². The molecular weight excluding hydrogens is 318 g/mol. The van der Waals surface area contributed by atoms with Crippen LogP contribution in [0, 0.1) is 5.92 Å². The van der Waals surface area contributed by atoms with Gasteiger partial charge < -0.3 is 16.0 Å². The SMILES string of the molecule is CC(=O)Nc1ccc(NC(=O)c2ccc(NCCC(C)C)nn2)cc1. The van der Waals surface area contributed by atoms with Gasteiger partial charge in [0.1, 0.15) is 5.82 Å². The van der Waals surface area contributed by atoms with Crippen molar-refractivity contribution in [3.05, 3.63) is 42.1 Å². The molecule has 0 saturated heterocycles. The molecule has 25 heavy (non-hydrogen) atoms. The normalized spacial score (nSPS) is 10.4. The fraction of sp³-hybridized carbons (Fsp3) is 0.333. The number of benzene rings is 1. The third-order valence-corrected chi connectivity index (χ3v) is 3.39. The predicted molar refractivity (Wildman–Crippen MR) is 98.7 cm³/mol. The molecule has 1 aromatic heterocycles. The highest BCUT2D eigenvalue weighted by Crippen LogP contribution is 2.14. The Labute approximate surface area is 147 Å². The van der Waals surface area contributed by atoms with E-state index < -0.39 is 0 Å². The van der Waals surface area contributed by atoms with E-state index in [1.807, 2.05) is 0 Å². The molecule has 0 aliphatic rings. The molecule has 2 aromatic rings.